The van der Waals surface area contributed by atoms with Crippen LogP contribution in [0.15, 0.2) is 24.3 Å². The molecule has 0 radical (unpaired) electrons. The van der Waals surface area contributed by atoms with Gasteiger partial charge in [0.15, 0.2) is 0 Å². The quantitative estimate of drug-likeness (QED) is 0.908. The summed E-state index contributed by atoms with van der Waals surface area (Å²) in [5.74, 6) is 0.170. The van der Waals surface area contributed by atoms with E-state index in [9.17, 15) is 9.90 Å². The third-order valence-electron chi connectivity index (χ3n) is 4.61. The molecule has 0 saturated carbocycles. The fraction of sp³-hybridized carbons (Fsp3) is 0.588. The molecule has 0 aromatic heterocycles. The first kappa shape index (κ1) is 16.7. The van der Waals surface area contributed by atoms with E-state index in [1.165, 1.54) is 0 Å². The number of amides is 1. The molecule has 2 saturated heterocycles. The molecule has 2 fully saturated rings. The standard InChI is InChI=1S/C17H23ClN2O3/c18-14-4-1-3-13(11-14)16(21)12-20-6-2-5-15(20)17(22)19-7-9-23-10-8-19/h1,3-4,11,15-16,21H,2,5-10,12H2/t15-,16+/m1/s1. The van der Waals surface area contributed by atoms with Gasteiger partial charge in [0, 0.05) is 24.7 Å². The van der Waals surface area contributed by atoms with Crippen LogP contribution in [-0.2, 0) is 9.53 Å². The van der Waals surface area contributed by atoms with Gasteiger partial charge in [-0.3, -0.25) is 9.69 Å². The Bertz CT molecular complexity index is 548. The monoisotopic (exact) mass is 338 g/mol. The van der Waals surface area contributed by atoms with Crippen molar-refractivity contribution in [3.8, 4) is 0 Å². The first-order chi connectivity index (χ1) is 11.1. The fourth-order valence-electron chi connectivity index (χ4n) is 3.36. The van der Waals surface area contributed by atoms with Gasteiger partial charge in [0.2, 0.25) is 5.91 Å². The summed E-state index contributed by atoms with van der Waals surface area (Å²) in [7, 11) is 0. The second kappa shape index (κ2) is 7.62. The molecular weight excluding hydrogens is 316 g/mol. The van der Waals surface area contributed by atoms with Gasteiger partial charge in [-0.2, -0.15) is 0 Å². The molecule has 2 aliphatic rings. The smallest absolute Gasteiger partial charge is 0.240 e. The van der Waals surface area contributed by atoms with Crippen molar-refractivity contribution in [2.75, 3.05) is 39.4 Å². The number of likely N-dealkylation sites (tertiary alicyclic amines) is 1. The Hall–Kier alpha value is -1.14. The van der Waals surface area contributed by atoms with E-state index in [1.807, 2.05) is 17.0 Å². The number of hydrogen-bond donors (Lipinski definition) is 1. The zero-order valence-electron chi connectivity index (χ0n) is 13.2. The molecule has 23 heavy (non-hydrogen) atoms. The summed E-state index contributed by atoms with van der Waals surface area (Å²) in [6.07, 6.45) is 1.22. The number of hydrogen-bond acceptors (Lipinski definition) is 4. The van der Waals surface area contributed by atoms with E-state index in [1.54, 1.807) is 12.1 Å². The highest BCUT2D eigenvalue weighted by molar-refractivity contribution is 6.30. The molecule has 2 heterocycles. The van der Waals surface area contributed by atoms with E-state index < -0.39 is 6.10 Å². The van der Waals surface area contributed by atoms with Gasteiger partial charge in [-0.05, 0) is 37.1 Å². The lowest BCUT2D eigenvalue weighted by Gasteiger charge is -2.33. The van der Waals surface area contributed by atoms with Crippen LogP contribution in [0.1, 0.15) is 24.5 Å². The Kier molecular flexibility index (Phi) is 5.54. The van der Waals surface area contributed by atoms with E-state index in [2.05, 4.69) is 4.90 Å². The summed E-state index contributed by atoms with van der Waals surface area (Å²) in [6, 6.07) is 7.15. The van der Waals surface area contributed by atoms with Crippen molar-refractivity contribution >= 4 is 17.5 Å². The van der Waals surface area contributed by atoms with Crippen LogP contribution in [0.25, 0.3) is 0 Å². The van der Waals surface area contributed by atoms with Crippen molar-refractivity contribution in [1.29, 1.82) is 0 Å². The molecule has 2 atom stereocenters. The normalized spacial score (nSPS) is 23.9. The Morgan fingerprint density at radius 1 is 1.35 bits per heavy atom. The number of nitrogens with zero attached hydrogens (tertiary/aromatic N) is 2. The lowest BCUT2D eigenvalue weighted by molar-refractivity contribution is -0.140. The number of morpholine rings is 1. The van der Waals surface area contributed by atoms with Crippen molar-refractivity contribution < 1.29 is 14.6 Å². The number of carbonyl (C=O) groups excluding carboxylic acids is 1. The summed E-state index contributed by atoms with van der Waals surface area (Å²) in [5, 5.41) is 11.1. The van der Waals surface area contributed by atoms with Crippen molar-refractivity contribution in [3.05, 3.63) is 34.9 Å². The molecule has 1 amide bonds. The van der Waals surface area contributed by atoms with Crippen LogP contribution in [-0.4, -0.2) is 66.2 Å². The molecule has 0 bridgehead atoms. The number of β-amino-alcohol motifs (C(OH)–C–C–N with tert-alkyl or cyclic N) is 1. The van der Waals surface area contributed by atoms with E-state index in [0.717, 1.165) is 24.9 Å². The average molecular weight is 339 g/mol. The second-order valence-corrected chi connectivity index (χ2v) is 6.60. The third kappa shape index (κ3) is 4.04. The van der Waals surface area contributed by atoms with Crippen LogP contribution >= 0.6 is 11.6 Å². The zero-order valence-corrected chi connectivity index (χ0v) is 13.9. The topological polar surface area (TPSA) is 53.0 Å². The number of carbonyl (C=O) groups is 1. The van der Waals surface area contributed by atoms with Gasteiger partial charge in [0.05, 0.1) is 25.4 Å². The first-order valence-electron chi connectivity index (χ1n) is 8.19. The van der Waals surface area contributed by atoms with Crippen LogP contribution in [0.3, 0.4) is 0 Å². The molecule has 6 heteroatoms. The molecule has 126 valence electrons. The zero-order chi connectivity index (χ0) is 16.2. The Morgan fingerprint density at radius 2 is 2.13 bits per heavy atom. The minimum Gasteiger partial charge on any atom is -0.387 e. The highest BCUT2D eigenvalue weighted by Crippen LogP contribution is 2.25. The second-order valence-electron chi connectivity index (χ2n) is 6.16. The largest absolute Gasteiger partial charge is 0.387 e. The Balaban J connectivity index is 1.63. The molecular formula is C17H23ClN2O3. The number of benzene rings is 1. The highest BCUT2D eigenvalue weighted by Gasteiger charge is 2.35. The number of aliphatic hydroxyl groups excluding tert-OH is 1. The summed E-state index contributed by atoms with van der Waals surface area (Å²) >= 11 is 5.99. The van der Waals surface area contributed by atoms with Crippen molar-refractivity contribution in [2.24, 2.45) is 0 Å². The minimum absolute atomic E-state index is 0.123. The summed E-state index contributed by atoms with van der Waals surface area (Å²) in [5.41, 5.74) is 0.793. The van der Waals surface area contributed by atoms with E-state index in [4.69, 9.17) is 16.3 Å². The van der Waals surface area contributed by atoms with Crippen LogP contribution in [0, 0.1) is 0 Å². The summed E-state index contributed by atoms with van der Waals surface area (Å²) in [4.78, 5) is 16.7. The maximum absolute atomic E-state index is 12.7. The number of halogens is 1. The van der Waals surface area contributed by atoms with Gasteiger partial charge in [-0.25, -0.2) is 0 Å². The first-order valence-corrected chi connectivity index (χ1v) is 8.57. The molecule has 3 rings (SSSR count). The molecule has 0 unspecified atom stereocenters. The van der Waals surface area contributed by atoms with Crippen LogP contribution in [0.2, 0.25) is 5.02 Å². The number of rotatable bonds is 4. The summed E-state index contributed by atoms with van der Waals surface area (Å²) < 4.78 is 5.31. The van der Waals surface area contributed by atoms with Gasteiger partial charge >= 0.3 is 0 Å². The molecule has 0 spiro atoms. The van der Waals surface area contributed by atoms with Gasteiger partial charge in [-0.1, -0.05) is 23.7 Å². The third-order valence-corrected chi connectivity index (χ3v) is 4.85. The van der Waals surface area contributed by atoms with E-state index in [0.29, 0.717) is 37.9 Å². The van der Waals surface area contributed by atoms with Crippen LogP contribution in [0.5, 0.6) is 0 Å². The summed E-state index contributed by atoms with van der Waals surface area (Å²) in [6.45, 7) is 3.87. The van der Waals surface area contributed by atoms with Crippen molar-refractivity contribution in [2.45, 2.75) is 25.0 Å². The Labute approximate surface area is 141 Å². The molecule has 5 nitrogen and oxygen atoms in total. The lowest BCUT2D eigenvalue weighted by atomic mass is 10.1. The predicted molar refractivity (Wildman–Crippen MR) is 88.4 cm³/mol. The lowest BCUT2D eigenvalue weighted by Crippen LogP contribution is -2.50. The molecule has 1 aromatic carbocycles. The average Bonchev–Trinajstić information content (AvgIpc) is 3.03. The maximum Gasteiger partial charge on any atom is 0.240 e. The van der Waals surface area contributed by atoms with Gasteiger partial charge < -0.3 is 14.7 Å². The van der Waals surface area contributed by atoms with Crippen molar-refractivity contribution in [1.82, 2.24) is 9.80 Å². The molecule has 1 aromatic rings. The number of aliphatic hydroxyl groups is 1. The van der Waals surface area contributed by atoms with E-state index in [-0.39, 0.29) is 11.9 Å². The highest BCUT2D eigenvalue weighted by atomic mass is 35.5. The minimum atomic E-state index is -0.633. The fourth-order valence-corrected chi connectivity index (χ4v) is 3.56. The van der Waals surface area contributed by atoms with Gasteiger partial charge in [-0.15, -0.1) is 0 Å². The van der Waals surface area contributed by atoms with Crippen LogP contribution in [0.4, 0.5) is 0 Å². The molecule has 0 aliphatic carbocycles. The molecule has 1 N–H and O–H groups in total. The number of ether oxygens (including phenoxy) is 1. The van der Waals surface area contributed by atoms with Crippen LogP contribution < -0.4 is 0 Å². The van der Waals surface area contributed by atoms with Gasteiger partial charge in [0.1, 0.15) is 0 Å². The van der Waals surface area contributed by atoms with E-state index >= 15 is 0 Å². The maximum atomic E-state index is 12.7. The predicted octanol–water partition coefficient (Wildman–Crippen LogP) is 1.70. The van der Waals surface area contributed by atoms with Crippen molar-refractivity contribution in [3.63, 3.8) is 0 Å². The molecule has 2 aliphatic heterocycles. The SMILES string of the molecule is O=C([C@H]1CCCN1C[C@H](O)c1cccc(Cl)c1)N1CCOCC1. The Morgan fingerprint density at radius 3 is 2.87 bits per heavy atom. The van der Waals surface area contributed by atoms with Gasteiger partial charge in [0.25, 0.3) is 0 Å².